The van der Waals surface area contributed by atoms with Gasteiger partial charge < -0.3 is 10.2 Å². The van der Waals surface area contributed by atoms with Crippen molar-refractivity contribution < 1.29 is 0 Å². The average molecular weight is 400 g/mol. The second-order valence-corrected chi connectivity index (χ2v) is 7.01. The molecule has 0 saturated heterocycles. The van der Waals surface area contributed by atoms with Crippen molar-refractivity contribution in [3.63, 3.8) is 0 Å². The molecule has 3 rings (SSSR count). The standard InChI is InChI=1S/C20H19Cl2N5/c1-13-8-16(10-14-4-3-7-24-12-14)25-19(9-13)27(2)20(23)26-15-5-6-17(21)18(22)11-15/h3-9,11-12H,10H2,1-2H3,(H2,23,26). The minimum atomic E-state index is 0.179. The zero-order valence-corrected chi connectivity index (χ0v) is 16.5. The number of halogens is 2. The van der Waals surface area contributed by atoms with Gasteiger partial charge in [0, 0.05) is 37.2 Å². The Kier molecular flexibility index (Phi) is 5.94. The number of nitrogens with zero attached hydrogens (tertiary/aromatic N) is 3. The van der Waals surface area contributed by atoms with E-state index in [9.17, 15) is 0 Å². The van der Waals surface area contributed by atoms with Crippen LogP contribution in [0.25, 0.3) is 0 Å². The van der Waals surface area contributed by atoms with E-state index in [2.05, 4.69) is 10.3 Å². The lowest BCUT2D eigenvalue weighted by molar-refractivity contribution is 1.02. The lowest BCUT2D eigenvalue weighted by Gasteiger charge is -2.21. The second kappa shape index (κ2) is 8.37. The SMILES string of the molecule is Cc1cc(Cc2cccnc2)nc(N(C)C(=N)Nc2ccc(Cl)c(Cl)c2)c1. The highest BCUT2D eigenvalue weighted by atomic mass is 35.5. The minimum absolute atomic E-state index is 0.179. The van der Waals surface area contributed by atoms with Crippen molar-refractivity contribution in [2.45, 2.75) is 13.3 Å². The lowest BCUT2D eigenvalue weighted by Crippen LogP contribution is -2.32. The number of hydrogen-bond donors (Lipinski definition) is 2. The number of aryl methyl sites for hydroxylation is 1. The molecule has 3 aromatic rings. The van der Waals surface area contributed by atoms with Crippen molar-refractivity contribution in [1.29, 1.82) is 5.41 Å². The number of aromatic nitrogens is 2. The number of hydrogen-bond acceptors (Lipinski definition) is 3. The molecule has 138 valence electrons. The van der Waals surface area contributed by atoms with Gasteiger partial charge in [0.15, 0.2) is 0 Å². The molecule has 0 radical (unpaired) electrons. The monoisotopic (exact) mass is 399 g/mol. The zero-order valence-electron chi connectivity index (χ0n) is 15.0. The Balaban J connectivity index is 1.78. The van der Waals surface area contributed by atoms with Gasteiger partial charge in [-0.25, -0.2) is 4.98 Å². The predicted octanol–water partition coefficient (Wildman–Crippen LogP) is 5.17. The van der Waals surface area contributed by atoms with Crippen LogP contribution in [-0.2, 0) is 6.42 Å². The molecule has 2 aromatic heterocycles. The van der Waals surface area contributed by atoms with Crippen molar-refractivity contribution >= 4 is 40.7 Å². The van der Waals surface area contributed by atoms with Crippen LogP contribution in [0.5, 0.6) is 0 Å². The number of rotatable bonds is 4. The van der Waals surface area contributed by atoms with Gasteiger partial charge >= 0.3 is 0 Å². The molecule has 5 nitrogen and oxygen atoms in total. The largest absolute Gasteiger partial charge is 0.326 e. The summed E-state index contributed by atoms with van der Waals surface area (Å²) < 4.78 is 0. The zero-order chi connectivity index (χ0) is 19.4. The van der Waals surface area contributed by atoms with Crippen LogP contribution < -0.4 is 10.2 Å². The van der Waals surface area contributed by atoms with Crippen LogP contribution >= 0.6 is 23.2 Å². The Labute approximate surface area is 168 Å². The van der Waals surface area contributed by atoms with E-state index in [0.717, 1.165) is 16.8 Å². The molecule has 7 heteroatoms. The molecule has 0 aliphatic heterocycles. The summed E-state index contributed by atoms with van der Waals surface area (Å²) >= 11 is 12.0. The van der Waals surface area contributed by atoms with E-state index >= 15 is 0 Å². The first-order valence-corrected chi connectivity index (χ1v) is 9.09. The molecule has 2 heterocycles. The summed E-state index contributed by atoms with van der Waals surface area (Å²) in [5.41, 5.74) is 3.78. The van der Waals surface area contributed by atoms with Crippen LogP contribution in [0.4, 0.5) is 11.5 Å². The third-order valence-electron chi connectivity index (χ3n) is 3.98. The molecule has 2 N–H and O–H groups in total. The highest BCUT2D eigenvalue weighted by Crippen LogP contribution is 2.25. The van der Waals surface area contributed by atoms with Crippen molar-refractivity contribution in [2.24, 2.45) is 0 Å². The van der Waals surface area contributed by atoms with E-state index in [1.807, 2.05) is 37.4 Å². The predicted molar refractivity (Wildman–Crippen MR) is 112 cm³/mol. The molecule has 0 unspecified atom stereocenters. The highest BCUT2D eigenvalue weighted by Gasteiger charge is 2.12. The summed E-state index contributed by atoms with van der Waals surface area (Å²) in [7, 11) is 1.79. The molecule has 0 saturated carbocycles. The highest BCUT2D eigenvalue weighted by molar-refractivity contribution is 6.42. The summed E-state index contributed by atoms with van der Waals surface area (Å²) in [6.07, 6.45) is 4.27. The van der Waals surface area contributed by atoms with E-state index in [1.165, 1.54) is 0 Å². The van der Waals surface area contributed by atoms with Crippen LogP contribution in [-0.4, -0.2) is 23.0 Å². The number of pyridine rings is 2. The summed E-state index contributed by atoms with van der Waals surface area (Å²) in [6.45, 7) is 2.02. The first-order chi connectivity index (χ1) is 12.9. The molecule has 0 fully saturated rings. The van der Waals surface area contributed by atoms with Gasteiger partial charge in [0.05, 0.1) is 10.0 Å². The fraction of sp³-hybridized carbons (Fsp3) is 0.150. The maximum Gasteiger partial charge on any atom is 0.201 e. The van der Waals surface area contributed by atoms with Crippen molar-refractivity contribution in [3.8, 4) is 0 Å². The Morgan fingerprint density at radius 3 is 2.67 bits per heavy atom. The quantitative estimate of drug-likeness (QED) is 0.469. The van der Waals surface area contributed by atoms with E-state index in [0.29, 0.717) is 28.0 Å². The lowest BCUT2D eigenvalue weighted by atomic mass is 10.1. The molecular weight excluding hydrogens is 381 g/mol. The maximum atomic E-state index is 8.34. The van der Waals surface area contributed by atoms with Gasteiger partial charge in [-0.15, -0.1) is 0 Å². The number of benzene rings is 1. The van der Waals surface area contributed by atoms with Crippen molar-refractivity contribution in [3.05, 3.63) is 81.7 Å². The fourth-order valence-electron chi connectivity index (χ4n) is 2.60. The smallest absolute Gasteiger partial charge is 0.201 e. The molecule has 0 amide bonds. The normalized spacial score (nSPS) is 10.5. The van der Waals surface area contributed by atoms with Gasteiger partial charge in [-0.2, -0.15) is 0 Å². The third kappa shape index (κ3) is 4.96. The molecule has 1 aromatic carbocycles. The van der Waals surface area contributed by atoms with Gasteiger partial charge in [-0.05, 0) is 54.4 Å². The van der Waals surface area contributed by atoms with Crippen molar-refractivity contribution in [1.82, 2.24) is 9.97 Å². The van der Waals surface area contributed by atoms with E-state index in [4.69, 9.17) is 33.6 Å². The van der Waals surface area contributed by atoms with Gasteiger partial charge in [-0.1, -0.05) is 29.3 Å². The van der Waals surface area contributed by atoms with E-state index in [-0.39, 0.29) is 5.96 Å². The van der Waals surface area contributed by atoms with Gasteiger partial charge in [0.25, 0.3) is 0 Å². The van der Waals surface area contributed by atoms with Crippen LogP contribution in [0.1, 0.15) is 16.8 Å². The third-order valence-corrected chi connectivity index (χ3v) is 4.72. The van der Waals surface area contributed by atoms with Gasteiger partial charge in [-0.3, -0.25) is 10.4 Å². The summed E-state index contributed by atoms with van der Waals surface area (Å²) in [6, 6.07) is 13.1. The number of guanidine groups is 1. The second-order valence-electron chi connectivity index (χ2n) is 6.19. The van der Waals surface area contributed by atoms with E-state index in [1.54, 1.807) is 36.3 Å². The topological polar surface area (TPSA) is 64.9 Å². The summed E-state index contributed by atoms with van der Waals surface area (Å²) in [4.78, 5) is 10.5. The number of anilines is 2. The number of nitrogens with one attached hydrogen (secondary N) is 2. The van der Waals surface area contributed by atoms with Crippen LogP contribution in [0, 0.1) is 12.3 Å². The summed E-state index contributed by atoms with van der Waals surface area (Å²) in [5, 5.41) is 12.3. The Morgan fingerprint density at radius 2 is 1.96 bits per heavy atom. The van der Waals surface area contributed by atoms with Crippen LogP contribution in [0.15, 0.2) is 54.9 Å². The molecule has 0 spiro atoms. The first-order valence-electron chi connectivity index (χ1n) is 8.33. The first kappa shape index (κ1) is 19.1. The Morgan fingerprint density at radius 1 is 1.15 bits per heavy atom. The average Bonchev–Trinajstić information content (AvgIpc) is 2.64. The maximum absolute atomic E-state index is 8.34. The minimum Gasteiger partial charge on any atom is -0.326 e. The van der Waals surface area contributed by atoms with Crippen LogP contribution in [0.2, 0.25) is 10.0 Å². The van der Waals surface area contributed by atoms with Crippen molar-refractivity contribution in [2.75, 3.05) is 17.3 Å². The molecule has 27 heavy (non-hydrogen) atoms. The van der Waals surface area contributed by atoms with Gasteiger partial charge in [0.1, 0.15) is 5.82 Å². The molecule has 0 bridgehead atoms. The molecule has 0 aliphatic rings. The van der Waals surface area contributed by atoms with Crippen LogP contribution in [0.3, 0.4) is 0 Å². The van der Waals surface area contributed by atoms with Gasteiger partial charge in [0.2, 0.25) is 5.96 Å². The van der Waals surface area contributed by atoms with E-state index < -0.39 is 0 Å². The summed E-state index contributed by atoms with van der Waals surface area (Å²) in [5.74, 6) is 0.866. The Hall–Kier alpha value is -2.63. The molecular formula is C20H19Cl2N5. The molecule has 0 atom stereocenters. The fourth-order valence-corrected chi connectivity index (χ4v) is 2.90. The molecule has 0 aliphatic carbocycles. The Bertz CT molecular complexity index is 960.